The number of benzene rings is 1. The van der Waals surface area contributed by atoms with E-state index in [-0.39, 0.29) is 23.8 Å². The average Bonchev–Trinajstić information content (AvgIpc) is 3.40. The lowest BCUT2D eigenvalue weighted by Gasteiger charge is -2.45. The van der Waals surface area contributed by atoms with Crippen molar-refractivity contribution in [3.05, 3.63) is 57.8 Å². The minimum absolute atomic E-state index is 0.0514. The summed E-state index contributed by atoms with van der Waals surface area (Å²) in [5.41, 5.74) is 1.59. The molecule has 2 atom stereocenters. The lowest BCUT2D eigenvalue weighted by molar-refractivity contribution is -0.136. The average molecular weight is 480 g/mol. The van der Waals surface area contributed by atoms with Crippen LogP contribution >= 0.6 is 11.3 Å². The lowest BCUT2D eigenvalue weighted by atomic mass is 9.80. The number of hydrogen-bond donors (Lipinski definition) is 0. The number of nitrogens with zero attached hydrogens (tertiary/aromatic N) is 3. The van der Waals surface area contributed by atoms with Crippen molar-refractivity contribution in [2.24, 2.45) is 5.92 Å². The zero-order chi connectivity index (χ0) is 23.7. The van der Waals surface area contributed by atoms with Crippen LogP contribution in [-0.4, -0.2) is 65.3 Å². The number of carbonyl (C=O) groups excluding carboxylic acids is 2. The van der Waals surface area contributed by atoms with Crippen LogP contribution in [0, 0.1) is 5.92 Å². The van der Waals surface area contributed by atoms with Crippen LogP contribution in [0.2, 0.25) is 0 Å². The summed E-state index contributed by atoms with van der Waals surface area (Å²) in [4.78, 5) is 35.7. The van der Waals surface area contributed by atoms with E-state index in [1.807, 2.05) is 35.2 Å². The maximum absolute atomic E-state index is 14.2. The summed E-state index contributed by atoms with van der Waals surface area (Å²) in [6.45, 7) is 8.98. The van der Waals surface area contributed by atoms with Crippen LogP contribution in [0.5, 0.6) is 0 Å². The van der Waals surface area contributed by atoms with Gasteiger partial charge in [-0.25, -0.2) is 0 Å². The number of thiophene rings is 1. The van der Waals surface area contributed by atoms with Crippen LogP contribution < -0.4 is 0 Å². The van der Waals surface area contributed by atoms with E-state index in [4.69, 9.17) is 0 Å². The Bertz CT molecular complexity index is 991. The molecule has 0 saturated carbocycles. The molecular formula is C28H37N3O2S. The Balaban J connectivity index is 1.44. The van der Waals surface area contributed by atoms with Crippen molar-refractivity contribution in [1.82, 2.24) is 14.7 Å². The number of hydrogen-bond acceptors (Lipinski definition) is 4. The molecule has 1 aromatic heterocycles. The van der Waals surface area contributed by atoms with E-state index in [2.05, 4.69) is 35.1 Å². The fourth-order valence-corrected chi connectivity index (χ4v) is 7.04. The predicted octanol–water partition coefficient (Wildman–Crippen LogP) is 5.16. The monoisotopic (exact) mass is 479 g/mol. The van der Waals surface area contributed by atoms with Crippen molar-refractivity contribution < 1.29 is 9.59 Å². The van der Waals surface area contributed by atoms with Gasteiger partial charge in [-0.1, -0.05) is 44.5 Å². The molecule has 34 heavy (non-hydrogen) atoms. The Morgan fingerprint density at radius 1 is 1.00 bits per heavy atom. The van der Waals surface area contributed by atoms with E-state index in [0.717, 1.165) is 36.4 Å². The zero-order valence-electron chi connectivity index (χ0n) is 20.5. The smallest absolute Gasteiger partial charge is 0.254 e. The van der Waals surface area contributed by atoms with Crippen molar-refractivity contribution in [3.8, 4) is 0 Å². The third kappa shape index (κ3) is 4.55. The van der Waals surface area contributed by atoms with E-state index >= 15 is 0 Å². The molecule has 2 aromatic rings. The van der Waals surface area contributed by atoms with Gasteiger partial charge >= 0.3 is 0 Å². The maximum atomic E-state index is 14.2. The third-order valence-electron chi connectivity index (χ3n) is 7.78. The number of fused-ring (bicyclic) bond motifs is 1. The van der Waals surface area contributed by atoms with E-state index in [1.165, 1.54) is 32.4 Å². The highest BCUT2D eigenvalue weighted by Crippen LogP contribution is 2.45. The Labute approximate surface area is 207 Å². The molecule has 0 N–H and O–H groups in total. The summed E-state index contributed by atoms with van der Waals surface area (Å²) in [6, 6.07) is 12.3. The molecule has 5 rings (SSSR count). The minimum Gasteiger partial charge on any atom is -0.342 e. The number of likely N-dealkylation sites (tertiary alicyclic amines) is 2. The van der Waals surface area contributed by atoms with Crippen molar-refractivity contribution >= 4 is 23.2 Å². The molecule has 2 amide bonds. The summed E-state index contributed by atoms with van der Waals surface area (Å²) in [7, 11) is 0. The fraction of sp³-hybridized carbons (Fsp3) is 0.571. The highest BCUT2D eigenvalue weighted by atomic mass is 32.1. The van der Waals surface area contributed by atoms with Crippen molar-refractivity contribution in [2.45, 2.75) is 64.0 Å². The van der Waals surface area contributed by atoms with Gasteiger partial charge in [0, 0.05) is 36.1 Å². The molecule has 6 heteroatoms. The first kappa shape index (κ1) is 23.6. The minimum atomic E-state index is -0.349. The summed E-state index contributed by atoms with van der Waals surface area (Å²) >= 11 is 1.65. The SMILES string of the molecule is CC(C)CN1C(=O)c2ccccc2[C@H](C(=O)N2CCC(N3CCCCC3)CC2)[C@H]1c1cccs1. The van der Waals surface area contributed by atoms with Crippen LogP contribution in [0.3, 0.4) is 0 Å². The zero-order valence-corrected chi connectivity index (χ0v) is 21.3. The quantitative estimate of drug-likeness (QED) is 0.595. The number of rotatable bonds is 5. The van der Waals surface area contributed by atoms with Crippen LogP contribution in [-0.2, 0) is 4.79 Å². The highest BCUT2D eigenvalue weighted by Gasteiger charge is 2.46. The van der Waals surface area contributed by atoms with Crippen LogP contribution in [0.1, 0.15) is 78.7 Å². The van der Waals surface area contributed by atoms with Gasteiger partial charge < -0.3 is 14.7 Å². The molecule has 1 aromatic carbocycles. The standard InChI is InChI=1S/C28H37N3O2S/c1-20(2)19-31-26(24-11-8-18-34-24)25(22-9-4-5-10-23(22)27(31)32)28(33)30-16-12-21(13-17-30)29-14-6-3-7-15-29/h4-5,8-11,18,20-21,25-26H,3,6-7,12-17,19H2,1-2H3/t25-,26+/m0/s1. The Kier molecular flexibility index (Phi) is 7.07. The van der Waals surface area contributed by atoms with E-state index in [0.29, 0.717) is 24.1 Å². The van der Waals surface area contributed by atoms with Crippen LogP contribution in [0.4, 0.5) is 0 Å². The topological polar surface area (TPSA) is 43.9 Å². The first-order valence-corrected chi connectivity index (χ1v) is 13.9. The van der Waals surface area contributed by atoms with Gasteiger partial charge in [0.2, 0.25) is 5.91 Å². The number of piperidine rings is 2. The number of carbonyl (C=O) groups is 2. The van der Waals surface area contributed by atoms with Gasteiger partial charge in [0.25, 0.3) is 5.91 Å². The van der Waals surface area contributed by atoms with Gasteiger partial charge in [0.15, 0.2) is 0 Å². The molecule has 2 saturated heterocycles. The summed E-state index contributed by atoms with van der Waals surface area (Å²) in [5.74, 6) is 0.213. The summed E-state index contributed by atoms with van der Waals surface area (Å²) in [6.07, 6.45) is 6.07. The second kappa shape index (κ2) is 10.2. The summed E-state index contributed by atoms with van der Waals surface area (Å²) in [5, 5.41) is 2.06. The lowest BCUT2D eigenvalue weighted by Crippen LogP contribution is -2.52. The Hall–Kier alpha value is -2.18. The predicted molar refractivity (Wildman–Crippen MR) is 137 cm³/mol. The summed E-state index contributed by atoms with van der Waals surface area (Å²) < 4.78 is 0. The highest BCUT2D eigenvalue weighted by molar-refractivity contribution is 7.10. The Morgan fingerprint density at radius 2 is 1.74 bits per heavy atom. The number of amides is 2. The second-order valence-electron chi connectivity index (χ2n) is 10.5. The molecule has 0 aliphatic carbocycles. The third-order valence-corrected chi connectivity index (χ3v) is 8.73. The van der Waals surface area contributed by atoms with Crippen LogP contribution in [0.15, 0.2) is 41.8 Å². The molecule has 0 spiro atoms. The first-order chi connectivity index (χ1) is 16.5. The first-order valence-electron chi connectivity index (χ1n) is 13.0. The fourth-order valence-electron chi connectivity index (χ4n) is 6.16. The van der Waals surface area contributed by atoms with Gasteiger partial charge in [-0.15, -0.1) is 11.3 Å². The van der Waals surface area contributed by atoms with Gasteiger partial charge in [-0.3, -0.25) is 9.59 Å². The largest absolute Gasteiger partial charge is 0.342 e. The molecule has 0 radical (unpaired) electrons. The van der Waals surface area contributed by atoms with E-state index in [1.54, 1.807) is 11.3 Å². The Morgan fingerprint density at radius 3 is 2.41 bits per heavy atom. The van der Waals surface area contributed by atoms with Crippen molar-refractivity contribution in [3.63, 3.8) is 0 Å². The van der Waals surface area contributed by atoms with E-state index < -0.39 is 0 Å². The van der Waals surface area contributed by atoms with E-state index in [9.17, 15) is 9.59 Å². The molecular weight excluding hydrogens is 442 g/mol. The van der Waals surface area contributed by atoms with Gasteiger partial charge in [-0.05, 0) is 67.8 Å². The molecule has 3 aliphatic heterocycles. The molecule has 182 valence electrons. The van der Waals surface area contributed by atoms with Gasteiger partial charge in [0.1, 0.15) is 0 Å². The van der Waals surface area contributed by atoms with Crippen molar-refractivity contribution in [1.29, 1.82) is 0 Å². The van der Waals surface area contributed by atoms with Crippen LogP contribution in [0.25, 0.3) is 0 Å². The molecule has 3 aliphatic rings. The molecule has 5 nitrogen and oxygen atoms in total. The maximum Gasteiger partial charge on any atom is 0.254 e. The molecule has 2 fully saturated rings. The van der Waals surface area contributed by atoms with Crippen molar-refractivity contribution in [2.75, 3.05) is 32.7 Å². The molecule has 0 bridgehead atoms. The van der Waals surface area contributed by atoms with Gasteiger partial charge in [-0.2, -0.15) is 0 Å². The normalized spacial score (nSPS) is 24.5. The molecule has 0 unspecified atom stereocenters. The molecule has 4 heterocycles. The second-order valence-corrected chi connectivity index (χ2v) is 11.5. The van der Waals surface area contributed by atoms with Gasteiger partial charge in [0.05, 0.1) is 12.0 Å².